The van der Waals surface area contributed by atoms with Gasteiger partial charge < -0.3 is 16.0 Å². The molecular weight excluding hydrogens is 214 g/mol. The van der Waals surface area contributed by atoms with Gasteiger partial charge in [-0.15, -0.1) is 0 Å². The molecule has 17 heavy (non-hydrogen) atoms. The minimum atomic E-state index is -0.0916. The summed E-state index contributed by atoms with van der Waals surface area (Å²) in [7, 11) is 1.62. The van der Waals surface area contributed by atoms with Crippen molar-refractivity contribution < 1.29 is 4.79 Å². The summed E-state index contributed by atoms with van der Waals surface area (Å²) in [4.78, 5) is 13.8. The van der Waals surface area contributed by atoms with Crippen LogP contribution >= 0.6 is 0 Å². The van der Waals surface area contributed by atoms with Crippen LogP contribution in [0.3, 0.4) is 0 Å². The number of nitrogens with one attached hydrogen (secondary N) is 1. The molecule has 0 spiro atoms. The molecule has 94 valence electrons. The zero-order chi connectivity index (χ0) is 13.0. The lowest BCUT2D eigenvalue weighted by molar-refractivity contribution is 0.0963. The summed E-state index contributed by atoms with van der Waals surface area (Å²) in [6, 6.07) is 5.72. The molecule has 1 rings (SSSR count). The van der Waals surface area contributed by atoms with Crippen molar-refractivity contribution >= 4 is 17.3 Å². The average Bonchev–Trinajstić information content (AvgIpc) is 2.31. The Bertz CT molecular complexity index is 402. The molecule has 0 saturated heterocycles. The lowest BCUT2D eigenvalue weighted by Crippen LogP contribution is -2.31. The van der Waals surface area contributed by atoms with Gasteiger partial charge in [0, 0.05) is 25.2 Å². The number of carbonyl (C=O) groups excluding carboxylic acids is 1. The predicted molar refractivity (Wildman–Crippen MR) is 72.4 cm³/mol. The Kier molecular flexibility index (Phi) is 4.37. The smallest absolute Gasteiger partial charge is 0.251 e. The van der Waals surface area contributed by atoms with E-state index in [4.69, 9.17) is 5.73 Å². The summed E-state index contributed by atoms with van der Waals surface area (Å²) >= 11 is 0. The molecule has 1 aromatic rings. The Morgan fingerprint density at radius 1 is 1.47 bits per heavy atom. The van der Waals surface area contributed by atoms with Crippen molar-refractivity contribution in [3.8, 4) is 0 Å². The molecule has 4 nitrogen and oxygen atoms in total. The van der Waals surface area contributed by atoms with Crippen LogP contribution in [0.4, 0.5) is 11.4 Å². The van der Waals surface area contributed by atoms with Crippen molar-refractivity contribution in [1.29, 1.82) is 0 Å². The van der Waals surface area contributed by atoms with Crippen LogP contribution in [-0.2, 0) is 0 Å². The molecule has 0 aliphatic heterocycles. The average molecular weight is 235 g/mol. The molecule has 0 heterocycles. The zero-order valence-electron chi connectivity index (χ0n) is 10.9. The van der Waals surface area contributed by atoms with Crippen LogP contribution in [-0.4, -0.2) is 25.5 Å². The van der Waals surface area contributed by atoms with E-state index in [1.165, 1.54) is 0 Å². The maximum atomic E-state index is 11.6. The number of hydrogen-bond acceptors (Lipinski definition) is 3. The molecule has 3 N–H and O–H groups in total. The third-order valence-electron chi connectivity index (χ3n) is 2.79. The van der Waals surface area contributed by atoms with Crippen LogP contribution in [0, 0.1) is 0 Å². The van der Waals surface area contributed by atoms with Gasteiger partial charge in [-0.1, -0.05) is 0 Å². The van der Waals surface area contributed by atoms with Gasteiger partial charge in [-0.2, -0.15) is 0 Å². The molecule has 0 unspecified atom stereocenters. The standard InChI is InChI=1S/C13H21N3O/c1-5-16(9(2)3)12-8-10(13(17)15-4)6-7-11(12)14/h6-9H,5,14H2,1-4H3,(H,15,17). The molecule has 1 amide bonds. The molecule has 0 atom stereocenters. The highest BCUT2D eigenvalue weighted by Gasteiger charge is 2.14. The normalized spacial score (nSPS) is 10.4. The van der Waals surface area contributed by atoms with Crippen molar-refractivity contribution in [2.45, 2.75) is 26.8 Å². The lowest BCUT2D eigenvalue weighted by atomic mass is 10.1. The molecule has 0 fully saturated rings. The number of nitrogen functional groups attached to an aromatic ring is 1. The SMILES string of the molecule is CCN(c1cc(C(=O)NC)ccc1N)C(C)C. The summed E-state index contributed by atoms with van der Waals surface area (Å²) in [6.07, 6.45) is 0. The summed E-state index contributed by atoms with van der Waals surface area (Å²) in [6.45, 7) is 7.15. The highest BCUT2D eigenvalue weighted by molar-refractivity contribution is 5.96. The lowest BCUT2D eigenvalue weighted by Gasteiger charge is -2.29. The molecule has 0 radical (unpaired) electrons. The topological polar surface area (TPSA) is 58.4 Å². The van der Waals surface area contributed by atoms with Crippen molar-refractivity contribution in [1.82, 2.24) is 5.32 Å². The highest BCUT2D eigenvalue weighted by Crippen LogP contribution is 2.26. The van der Waals surface area contributed by atoms with E-state index in [0.717, 1.165) is 12.2 Å². The van der Waals surface area contributed by atoms with Crippen LogP contribution in [0.5, 0.6) is 0 Å². The number of amides is 1. The molecule has 0 bridgehead atoms. The van der Waals surface area contributed by atoms with E-state index < -0.39 is 0 Å². The monoisotopic (exact) mass is 235 g/mol. The van der Waals surface area contributed by atoms with E-state index in [9.17, 15) is 4.79 Å². The van der Waals surface area contributed by atoms with Crippen molar-refractivity contribution in [3.05, 3.63) is 23.8 Å². The van der Waals surface area contributed by atoms with E-state index in [1.807, 2.05) is 6.07 Å². The number of hydrogen-bond donors (Lipinski definition) is 2. The minimum absolute atomic E-state index is 0.0916. The van der Waals surface area contributed by atoms with Crippen LogP contribution in [0.15, 0.2) is 18.2 Å². The molecule has 1 aromatic carbocycles. The summed E-state index contributed by atoms with van der Waals surface area (Å²) in [5.74, 6) is -0.0916. The number of rotatable bonds is 4. The molecule has 0 saturated carbocycles. The summed E-state index contributed by atoms with van der Waals surface area (Å²) in [5, 5.41) is 2.62. The Morgan fingerprint density at radius 3 is 2.59 bits per heavy atom. The van der Waals surface area contributed by atoms with Gasteiger partial charge in [0.25, 0.3) is 5.91 Å². The fourth-order valence-corrected chi connectivity index (χ4v) is 1.89. The Labute approximate surface area is 103 Å². The first-order valence-corrected chi connectivity index (χ1v) is 5.89. The largest absolute Gasteiger partial charge is 0.397 e. The first-order chi connectivity index (χ1) is 8.01. The van der Waals surface area contributed by atoms with Gasteiger partial charge in [0.1, 0.15) is 0 Å². The van der Waals surface area contributed by atoms with Crippen molar-refractivity contribution in [2.75, 3.05) is 24.2 Å². The van der Waals surface area contributed by atoms with E-state index in [2.05, 4.69) is 31.0 Å². The van der Waals surface area contributed by atoms with E-state index >= 15 is 0 Å². The van der Waals surface area contributed by atoms with Gasteiger partial charge in [0.05, 0.1) is 11.4 Å². The second-order valence-electron chi connectivity index (χ2n) is 4.23. The summed E-state index contributed by atoms with van der Waals surface area (Å²) < 4.78 is 0. The van der Waals surface area contributed by atoms with Gasteiger partial charge in [-0.3, -0.25) is 4.79 Å². The Hall–Kier alpha value is -1.71. The van der Waals surface area contributed by atoms with Gasteiger partial charge >= 0.3 is 0 Å². The maximum Gasteiger partial charge on any atom is 0.251 e. The maximum absolute atomic E-state index is 11.6. The number of carbonyl (C=O) groups is 1. The third-order valence-corrected chi connectivity index (χ3v) is 2.79. The minimum Gasteiger partial charge on any atom is -0.397 e. The zero-order valence-corrected chi connectivity index (χ0v) is 10.9. The molecule has 0 aliphatic carbocycles. The Morgan fingerprint density at radius 2 is 2.12 bits per heavy atom. The van der Waals surface area contributed by atoms with E-state index in [1.54, 1.807) is 19.2 Å². The summed E-state index contributed by atoms with van der Waals surface area (Å²) in [5.41, 5.74) is 8.23. The second kappa shape index (κ2) is 5.57. The fraction of sp³-hybridized carbons (Fsp3) is 0.462. The van der Waals surface area contributed by atoms with Gasteiger partial charge in [-0.25, -0.2) is 0 Å². The first-order valence-electron chi connectivity index (χ1n) is 5.89. The molecular formula is C13H21N3O. The molecule has 0 aromatic heterocycles. The highest BCUT2D eigenvalue weighted by atomic mass is 16.1. The van der Waals surface area contributed by atoms with E-state index in [0.29, 0.717) is 17.3 Å². The first kappa shape index (κ1) is 13.4. The molecule has 0 aliphatic rings. The van der Waals surface area contributed by atoms with Crippen LogP contribution in [0.2, 0.25) is 0 Å². The fourth-order valence-electron chi connectivity index (χ4n) is 1.89. The van der Waals surface area contributed by atoms with Crippen LogP contribution < -0.4 is 16.0 Å². The number of nitrogens with two attached hydrogens (primary N) is 1. The third kappa shape index (κ3) is 2.90. The number of nitrogens with zero attached hydrogens (tertiary/aromatic N) is 1. The van der Waals surface area contributed by atoms with Crippen LogP contribution in [0.25, 0.3) is 0 Å². The van der Waals surface area contributed by atoms with Crippen LogP contribution in [0.1, 0.15) is 31.1 Å². The van der Waals surface area contributed by atoms with Gasteiger partial charge in [0.2, 0.25) is 0 Å². The van der Waals surface area contributed by atoms with Gasteiger partial charge in [-0.05, 0) is 39.0 Å². The predicted octanol–water partition coefficient (Wildman–Crippen LogP) is 1.86. The van der Waals surface area contributed by atoms with Crippen molar-refractivity contribution in [2.24, 2.45) is 0 Å². The Balaban J connectivity index is 3.17. The second-order valence-corrected chi connectivity index (χ2v) is 4.23. The quantitative estimate of drug-likeness (QED) is 0.783. The van der Waals surface area contributed by atoms with E-state index in [-0.39, 0.29) is 5.91 Å². The number of benzene rings is 1. The molecule has 4 heteroatoms. The van der Waals surface area contributed by atoms with Gasteiger partial charge in [0.15, 0.2) is 0 Å². The number of anilines is 2. The van der Waals surface area contributed by atoms with Crippen molar-refractivity contribution in [3.63, 3.8) is 0 Å².